The van der Waals surface area contributed by atoms with E-state index < -0.39 is 10.8 Å². The van der Waals surface area contributed by atoms with Gasteiger partial charge < -0.3 is 11.1 Å². The van der Waals surface area contributed by atoms with Gasteiger partial charge in [-0.3, -0.25) is 4.21 Å². The molecule has 1 aromatic rings. The predicted molar refractivity (Wildman–Crippen MR) is 88.6 cm³/mol. The van der Waals surface area contributed by atoms with Crippen LogP contribution in [0.3, 0.4) is 0 Å². The minimum atomic E-state index is -0.634. The summed E-state index contributed by atoms with van der Waals surface area (Å²) < 4.78 is 11.4. The molecule has 1 aliphatic rings. The number of nitrogens with two attached hydrogens (primary N) is 1. The fraction of sp³-hybridized carbons (Fsp3) is 0.462. The van der Waals surface area contributed by atoms with Crippen LogP contribution in [0.5, 0.6) is 0 Å². The summed E-state index contributed by atoms with van der Waals surface area (Å²) in [6.07, 6.45) is 3.89. The van der Waals surface area contributed by atoms with Crippen molar-refractivity contribution in [2.75, 3.05) is 23.1 Å². The molecule has 0 spiro atoms. The van der Waals surface area contributed by atoms with E-state index in [4.69, 9.17) is 18.0 Å². The minimum Gasteiger partial charge on any atom is -0.389 e. The molecule has 1 fully saturated rings. The normalized spacial score (nSPS) is 23.0. The van der Waals surface area contributed by atoms with Gasteiger partial charge in [0, 0.05) is 44.5 Å². The average molecular weight is 315 g/mol. The van der Waals surface area contributed by atoms with Crippen LogP contribution in [0.15, 0.2) is 23.1 Å². The van der Waals surface area contributed by atoms with E-state index in [0.29, 0.717) is 11.0 Å². The van der Waals surface area contributed by atoms with E-state index in [1.807, 2.05) is 24.5 Å². The lowest BCUT2D eigenvalue weighted by Crippen LogP contribution is -2.30. The first kappa shape index (κ1) is 14.8. The molecule has 0 aliphatic carbocycles. The maximum Gasteiger partial charge on any atom is 0.107 e. The first-order chi connectivity index (χ1) is 9.11. The first-order valence-corrected chi connectivity index (χ1v) is 9.32. The van der Waals surface area contributed by atoms with E-state index in [0.717, 1.165) is 40.5 Å². The second-order valence-electron chi connectivity index (χ2n) is 4.51. The number of nitrogens with one attached hydrogen (secondary N) is 1. The molecule has 1 aliphatic heterocycles. The number of benzene rings is 1. The highest BCUT2D eigenvalue weighted by Crippen LogP contribution is 2.28. The van der Waals surface area contributed by atoms with E-state index in [-0.39, 0.29) is 0 Å². The van der Waals surface area contributed by atoms with Crippen LogP contribution in [0.2, 0.25) is 0 Å². The molecule has 0 amide bonds. The maximum absolute atomic E-state index is 11.4. The van der Waals surface area contributed by atoms with Crippen molar-refractivity contribution < 1.29 is 4.21 Å². The fourth-order valence-electron chi connectivity index (χ4n) is 2.23. The van der Waals surface area contributed by atoms with Gasteiger partial charge in [-0.1, -0.05) is 18.3 Å². The van der Waals surface area contributed by atoms with Crippen LogP contribution in [0.1, 0.15) is 18.4 Å². The molecule has 1 heterocycles. The summed E-state index contributed by atoms with van der Waals surface area (Å²) in [5, 5.41) is 3.51. The Bertz CT molecular complexity index is 495. The molecule has 3 N–H and O–H groups in total. The standard InChI is InChI=1S/C13H18N2OS3/c1-18-11-4-2-3-10(12(11)13(14)17)15-9-5-7-19(16)8-6-9/h2-4,9,15H,5-8H2,1H3,(H2,14,17). The summed E-state index contributed by atoms with van der Waals surface area (Å²) >= 11 is 6.81. The number of thioether (sulfide) groups is 1. The monoisotopic (exact) mass is 314 g/mol. The number of hydrogen-bond donors (Lipinski definition) is 2. The Balaban J connectivity index is 2.20. The topological polar surface area (TPSA) is 55.1 Å². The van der Waals surface area contributed by atoms with Gasteiger partial charge in [0.1, 0.15) is 4.99 Å². The summed E-state index contributed by atoms with van der Waals surface area (Å²) in [4.78, 5) is 1.52. The van der Waals surface area contributed by atoms with Crippen LogP contribution in [-0.2, 0) is 10.8 Å². The van der Waals surface area contributed by atoms with Crippen molar-refractivity contribution in [1.82, 2.24) is 0 Å². The zero-order valence-electron chi connectivity index (χ0n) is 10.8. The van der Waals surface area contributed by atoms with Gasteiger partial charge in [-0.15, -0.1) is 11.8 Å². The molecule has 0 radical (unpaired) electrons. The smallest absolute Gasteiger partial charge is 0.107 e. The molecule has 1 aromatic carbocycles. The van der Waals surface area contributed by atoms with Crippen molar-refractivity contribution in [2.24, 2.45) is 5.73 Å². The Morgan fingerprint density at radius 1 is 1.47 bits per heavy atom. The highest BCUT2D eigenvalue weighted by Gasteiger charge is 2.19. The SMILES string of the molecule is CSc1cccc(NC2CCS(=O)CC2)c1C(N)=S. The van der Waals surface area contributed by atoms with Gasteiger partial charge in [0.2, 0.25) is 0 Å². The molecule has 3 nitrogen and oxygen atoms in total. The fourth-order valence-corrected chi connectivity index (χ4v) is 4.46. The summed E-state index contributed by atoms with van der Waals surface area (Å²) in [6, 6.07) is 6.42. The molecular weight excluding hydrogens is 296 g/mol. The van der Waals surface area contributed by atoms with Gasteiger partial charge in [-0.25, -0.2) is 0 Å². The third kappa shape index (κ3) is 3.70. The number of rotatable bonds is 4. The molecule has 0 bridgehead atoms. The lowest BCUT2D eigenvalue weighted by atomic mass is 10.1. The van der Waals surface area contributed by atoms with Crippen molar-refractivity contribution in [2.45, 2.75) is 23.8 Å². The Morgan fingerprint density at radius 2 is 2.16 bits per heavy atom. The highest BCUT2D eigenvalue weighted by molar-refractivity contribution is 7.98. The summed E-state index contributed by atoms with van der Waals surface area (Å²) in [5.41, 5.74) is 7.77. The van der Waals surface area contributed by atoms with Crippen LogP contribution in [0.25, 0.3) is 0 Å². The largest absolute Gasteiger partial charge is 0.389 e. The highest BCUT2D eigenvalue weighted by atomic mass is 32.2. The van der Waals surface area contributed by atoms with Crippen LogP contribution in [-0.4, -0.2) is 33.0 Å². The molecule has 1 saturated heterocycles. The second-order valence-corrected chi connectivity index (χ2v) is 7.50. The van der Waals surface area contributed by atoms with E-state index in [9.17, 15) is 4.21 Å². The van der Waals surface area contributed by atoms with E-state index in [1.54, 1.807) is 11.8 Å². The number of hydrogen-bond acceptors (Lipinski definition) is 4. The molecule has 0 atom stereocenters. The second kappa shape index (κ2) is 6.72. The molecule has 2 rings (SSSR count). The summed E-state index contributed by atoms with van der Waals surface area (Å²) in [5.74, 6) is 1.56. The van der Waals surface area contributed by atoms with Gasteiger partial charge >= 0.3 is 0 Å². The maximum atomic E-state index is 11.4. The first-order valence-electron chi connectivity index (χ1n) is 6.20. The van der Waals surface area contributed by atoms with Crippen molar-refractivity contribution >= 4 is 45.5 Å². The van der Waals surface area contributed by atoms with Gasteiger partial charge in [0.15, 0.2) is 0 Å². The van der Waals surface area contributed by atoms with Crippen molar-refractivity contribution in [3.63, 3.8) is 0 Å². The van der Waals surface area contributed by atoms with Crippen LogP contribution in [0.4, 0.5) is 5.69 Å². The molecule has 0 saturated carbocycles. The van der Waals surface area contributed by atoms with Crippen molar-refractivity contribution in [1.29, 1.82) is 0 Å². The molecule has 19 heavy (non-hydrogen) atoms. The lowest BCUT2D eigenvalue weighted by Gasteiger charge is -2.25. The quantitative estimate of drug-likeness (QED) is 0.660. The summed E-state index contributed by atoms with van der Waals surface area (Å²) in [7, 11) is -0.634. The van der Waals surface area contributed by atoms with E-state index >= 15 is 0 Å². The van der Waals surface area contributed by atoms with Crippen molar-refractivity contribution in [3.8, 4) is 0 Å². The molecule has 6 heteroatoms. The van der Waals surface area contributed by atoms with Gasteiger partial charge in [0.05, 0.1) is 0 Å². The van der Waals surface area contributed by atoms with E-state index in [2.05, 4.69) is 5.32 Å². The zero-order valence-corrected chi connectivity index (χ0v) is 13.3. The predicted octanol–water partition coefficient (Wildman–Crippen LogP) is 2.37. The van der Waals surface area contributed by atoms with Crippen molar-refractivity contribution in [3.05, 3.63) is 23.8 Å². The van der Waals surface area contributed by atoms with Crippen LogP contribution >= 0.6 is 24.0 Å². The zero-order chi connectivity index (χ0) is 13.8. The molecule has 104 valence electrons. The third-order valence-corrected chi connectivity index (χ3v) is 5.61. The van der Waals surface area contributed by atoms with E-state index in [1.165, 1.54) is 0 Å². The van der Waals surface area contributed by atoms with Gasteiger partial charge in [0.25, 0.3) is 0 Å². The Kier molecular flexibility index (Phi) is 5.24. The van der Waals surface area contributed by atoms with Crippen LogP contribution < -0.4 is 11.1 Å². The number of thiocarbonyl (C=S) groups is 1. The molecular formula is C13H18N2OS3. The summed E-state index contributed by atoms with van der Waals surface area (Å²) in [6.45, 7) is 0. The molecule has 0 aromatic heterocycles. The van der Waals surface area contributed by atoms with Gasteiger partial charge in [-0.2, -0.15) is 0 Å². The third-order valence-electron chi connectivity index (χ3n) is 3.24. The Labute approximate surface area is 126 Å². The average Bonchev–Trinajstić information content (AvgIpc) is 2.40. The Hall–Kier alpha value is -0.590. The molecule has 0 unspecified atom stereocenters. The lowest BCUT2D eigenvalue weighted by molar-refractivity contribution is 0.624. The number of anilines is 1. The van der Waals surface area contributed by atoms with Crippen LogP contribution in [0, 0.1) is 0 Å². The Morgan fingerprint density at radius 3 is 2.74 bits per heavy atom. The minimum absolute atomic E-state index is 0.364. The van der Waals surface area contributed by atoms with Gasteiger partial charge in [-0.05, 0) is 31.2 Å².